The Labute approximate surface area is 124 Å². The molecular formula is C12H11BrF3NO2S. The summed E-state index contributed by atoms with van der Waals surface area (Å²) in [6.45, 7) is 0.599. The molecule has 0 spiro atoms. The lowest BCUT2D eigenvalue weighted by Gasteiger charge is -2.27. The number of alkyl halides is 3. The van der Waals surface area contributed by atoms with Gasteiger partial charge in [0, 0.05) is 39.9 Å². The molecule has 0 radical (unpaired) electrons. The quantitative estimate of drug-likeness (QED) is 0.763. The van der Waals surface area contributed by atoms with Gasteiger partial charge in [0.2, 0.25) is 0 Å². The van der Waals surface area contributed by atoms with E-state index >= 15 is 0 Å². The largest absolute Gasteiger partial charge is 0.416 e. The van der Waals surface area contributed by atoms with Gasteiger partial charge in [-0.25, -0.2) is 0 Å². The third kappa shape index (κ3) is 3.41. The molecule has 1 heterocycles. The van der Waals surface area contributed by atoms with E-state index in [-0.39, 0.29) is 5.56 Å². The zero-order valence-corrected chi connectivity index (χ0v) is 12.6. The molecule has 0 unspecified atom stereocenters. The Hall–Kier alpha value is -0.890. The van der Waals surface area contributed by atoms with Gasteiger partial charge in [-0.2, -0.15) is 13.2 Å². The van der Waals surface area contributed by atoms with Crippen LogP contribution in [0.5, 0.6) is 0 Å². The lowest BCUT2D eigenvalue weighted by atomic mass is 10.1. The Balaban J connectivity index is 2.27. The molecule has 1 amide bonds. The van der Waals surface area contributed by atoms with Crippen molar-refractivity contribution in [3.8, 4) is 0 Å². The zero-order chi connectivity index (χ0) is 14.9. The van der Waals surface area contributed by atoms with Gasteiger partial charge in [0.25, 0.3) is 5.91 Å². The number of nitrogens with zero attached hydrogens (tertiary/aromatic N) is 1. The number of rotatable bonds is 1. The number of benzene rings is 1. The summed E-state index contributed by atoms with van der Waals surface area (Å²) in [5.41, 5.74) is -0.878. The Morgan fingerprint density at radius 3 is 2.40 bits per heavy atom. The van der Waals surface area contributed by atoms with Crippen LogP contribution in [0.25, 0.3) is 0 Å². The summed E-state index contributed by atoms with van der Waals surface area (Å²) in [7, 11) is -0.943. The Morgan fingerprint density at radius 2 is 1.85 bits per heavy atom. The van der Waals surface area contributed by atoms with E-state index in [9.17, 15) is 22.2 Å². The maximum absolute atomic E-state index is 12.7. The van der Waals surface area contributed by atoms with Crippen molar-refractivity contribution < 1.29 is 22.2 Å². The first-order valence-electron chi connectivity index (χ1n) is 5.80. The molecule has 0 bridgehead atoms. The van der Waals surface area contributed by atoms with E-state index in [1.807, 2.05) is 0 Å². The molecule has 1 aliphatic rings. The maximum Gasteiger partial charge on any atom is 0.416 e. The number of hydrogen-bond donors (Lipinski definition) is 0. The average Bonchev–Trinajstić information content (AvgIpc) is 2.38. The van der Waals surface area contributed by atoms with Crippen molar-refractivity contribution in [3.63, 3.8) is 0 Å². The highest BCUT2D eigenvalue weighted by Gasteiger charge is 2.32. The van der Waals surface area contributed by atoms with Crippen LogP contribution in [0, 0.1) is 0 Å². The molecule has 0 N–H and O–H groups in total. The van der Waals surface area contributed by atoms with Gasteiger partial charge < -0.3 is 4.90 Å². The highest BCUT2D eigenvalue weighted by Crippen LogP contribution is 2.32. The van der Waals surface area contributed by atoms with E-state index in [1.54, 1.807) is 0 Å². The average molecular weight is 370 g/mol. The number of amides is 1. The van der Waals surface area contributed by atoms with Crippen molar-refractivity contribution in [3.05, 3.63) is 33.8 Å². The van der Waals surface area contributed by atoms with Crippen molar-refractivity contribution in [1.29, 1.82) is 0 Å². The second kappa shape index (κ2) is 5.85. The molecule has 0 aromatic heterocycles. The molecule has 20 heavy (non-hydrogen) atoms. The van der Waals surface area contributed by atoms with Crippen LogP contribution in [-0.2, 0) is 17.0 Å². The van der Waals surface area contributed by atoms with Crippen LogP contribution in [0.3, 0.4) is 0 Å². The SMILES string of the molecule is O=C(c1cc(C(F)(F)F)ccc1Br)N1CCS(=O)CC1. The van der Waals surface area contributed by atoms with Gasteiger partial charge >= 0.3 is 6.18 Å². The van der Waals surface area contributed by atoms with Gasteiger partial charge in [0.15, 0.2) is 0 Å². The summed E-state index contributed by atoms with van der Waals surface area (Å²) in [5, 5.41) is 0. The highest BCUT2D eigenvalue weighted by molar-refractivity contribution is 9.10. The summed E-state index contributed by atoms with van der Waals surface area (Å²) in [5.74, 6) is 0.254. The summed E-state index contributed by atoms with van der Waals surface area (Å²) >= 11 is 3.10. The van der Waals surface area contributed by atoms with Crippen LogP contribution < -0.4 is 0 Å². The minimum atomic E-state index is -4.49. The van der Waals surface area contributed by atoms with Gasteiger partial charge in [-0.3, -0.25) is 9.00 Å². The molecule has 1 aromatic carbocycles. The summed E-state index contributed by atoms with van der Waals surface area (Å²) < 4.78 is 49.6. The summed E-state index contributed by atoms with van der Waals surface area (Å²) in [6, 6.07) is 2.99. The van der Waals surface area contributed by atoms with Crippen LogP contribution in [0.1, 0.15) is 15.9 Å². The van der Waals surface area contributed by atoms with Crippen LogP contribution in [0.4, 0.5) is 13.2 Å². The van der Waals surface area contributed by atoms with Gasteiger partial charge in [0.05, 0.1) is 11.1 Å². The van der Waals surface area contributed by atoms with Crippen LogP contribution >= 0.6 is 15.9 Å². The molecule has 110 valence electrons. The fourth-order valence-electron chi connectivity index (χ4n) is 1.88. The van der Waals surface area contributed by atoms with Crippen molar-refractivity contribution in [2.45, 2.75) is 6.18 Å². The molecular weight excluding hydrogens is 359 g/mol. The van der Waals surface area contributed by atoms with E-state index < -0.39 is 28.4 Å². The molecule has 1 fully saturated rings. The van der Waals surface area contributed by atoms with Crippen LogP contribution in [0.2, 0.25) is 0 Å². The second-order valence-electron chi connectivity index (χ2n) is 4.33. The smallest absolute Gasteiger partial charge is 0.337 e. The van der Waals surface area contributed by atoms with Gasteiger partial charge in [-0.1, -0.05) is 0 Å². The molecule has 1 saturated heterocycles. The third-order valence-corrected chi connectivity index (χ3v) is 4.96. The van der Waals surface area contributed by atoms with Crippen LogP contribution in [-0.4, -0.2) is 39.6 Å². The topological polar surface area (TPSA) is 37.4 Å². The fourth-order valence-corrected chi connectivity index (χ4v) is 3.35. The first-order chi connectivity index (χ1) is 9.29. The molecule has 2 rings (SSSR count). The minimum Gasteiger partial charge on any atom is -0.337 e. The van der Waals surface area contributed by atoms with Crippen molar-refractivity contribution in [1.82, 2.24) is 4.90 Å². The fraction of sp³-hybridized carbons (Fsp3) is 0.417. The minimum absolute atomic E-state index is 0.0208. The molecule has 0 atom stereocenters. The molecule has 0 saturated carbocycles. The van der Waals surface area contributed by atoms with Gasteiger partial charge in [-0.15, -0.1) is 0 Å². The van der Waals surface area contributed by atoms with E-state index in [4.69, 9.17) is 0 Å². The maximum atomic E-state index is 12.7. The lowest BCUT2D eigenvalue weighted by Crippen LogP contribution is -2.42. The molecule has 3 nitrogen and oxygen atoms in total. The van der Waals surface area contributed by atoms with Crippen molar-refractivity contribution in [2.24, 2.45) is 0 Å². The van der Waals surface area contributed by atoms with E-state index in [0.29, 0.717) is 29.1 Å². The van der Waals surface area contributed by atoms with Crippen LogP contribution in [0.15, 0.2) is 22.7 Å². The Bertz CT molecular complexity index is 552. The highest BCUT2D eigenvalue weighted by atomic mass is 79.9. The normalized spacial score (nSPS) is 17.3. The van der Waals surface area contributed by atoms with E-state index in [0.717, 1.165) is 12.1 Å². The predicted octanol–water partition coefficient (Wildman–Crippen LogP) is 2.67. The van der Waals surface area contributed by atoms with E-state index in [1.165, 1.54) is 11.0 Å². The zero-order valence-electron chi connectivity index (χ0n) is 10.2. The summed E-state index contributed by atoms with van der Waals surface area (Å²) in [4.78, 5) is 13.7. The molecule has 8 heteroatoms. The molecule has 0 aliphatic carbocycles. The number of hydrogen-bond acceptors (Lipinski definition) is 2. The van der Waals surface area contributed by atoms with Crippen molar-refractivity contribution >= 4 is 32.6 Å². The third-order valence-electron chi connectivity index (χ3n) is 2.99. The second-order valence-corrected chi connectivity index (χ2v) is 6.88. The van der Waals surface area contributed by atoms with Crippen molar-refractivity contribution in [2.75, 3.05) is 24.6 Å². The van der Waals surface area contributed by atoms with E-state index in [2.05, 4.69) is 15.9 Å². The number of halogens is 4. The number of carbonyl (C=O) groups is 1. The van der Waals surface area contributed by atoms with Gasteiger partial charge in [0.1, 0.15) is 0 Å². The Kier molecular flexibility index (Phi) is 4.53. The monoisotopic (exact) mass is 369 g/mol. The first-order valence-corrected chi connectivity index (χ1v) is 8.08. The summed E-state index contributed by atoms with van der Waals surface area (Å²) in [6.07, 6.45) is -4.49. The molecule has 1 aromatic rings. The number of carbonyl (C=O) groups excluding carboxylic acids is 1. The van der Waals surface area contributed by atoms with Gasteiger partial charge in [-0.05, 0) is 34.1 Å². The standard InChI is InChI=1S/C12H11BrF3NO2S/c13-10-2-1-8(12(14,15)16)7-9(10)11(18)17-3-5-20(19)6-4-17/h1-2,7H,3-6H2. The predicted molar refractivity (Wildman–Crippen MR) is 72.9 cm³/mol. The lowest BCUT2D eigenvalue weighted by molar-refractivity contribution is -0.137. The Morgan fingerprint density at radius 1 is 1.25 bits per heavy atom. The molecule has 1 aliphatic heterocycles. The first kappa shape index (κ1) is 15.5.